The second-order valence-electron chi connectivity index (χ2n) is 6.20. The van der Waals surface area contributed by atoms with Crippen molar-refractivity contribution in [3.05, 3.63) is 39.2 Å². The van der Waals surface area contributed by atoms with Crippen LogP contribution in [0.5, 0.6) is 5.75 Å². The number of ether oxygens (including phenoxy) is 2. The summed E-state index contributed by atoms with van der Waals surface area (Å²) >= 11 is 0. The summed E-state index contributed by atoms with van der Waals surface area (Å²) in [5.74, 6) is 0.193. The summed E-state index contributed by atoms with van der Waals surface area (Å²) in [6.45, 7) is 4.09. The van der Waals surface area contributed by atoms with Gasteiger partial charge in [-0.2, -0.15) is 0 Å². The minimum Gasteiger partial charge on any atom is -0.481 e. The van der Waals surface area contributed by atoms with Gasteiger partial charge in [0.25, 0.3) is 0 Å². The van der Waals surface area contributed by atoms with Gasteiger partial charge in [0.2, 0.25) is 0 Å². The van der Waals surface area contributed by atoms with Crippen LogP contribution in [0.2, 0.25) is 0 Å². The van der Waals surface area contributed by atoms with Crippen molar-refractivity contribution in [2.45, 2.75) is 46.0 Å². The first-order valence-corrected chi connectivity index (χ1v) is 8.47. The average Bonchev–Trinajstić information content (AvgIpc) is 2.57. The molecule has 0 saturated heterocycles. The number of aryl methyl sites for hydroxylation is 2. The summed E-state index contributed by atoms with van der Waals surface area (Å²) in [7, 11) is 0. The Balaban J connectivity index is 2.00. The van der Waals surface area contributed by atoms with Crippen LogP contribution in [0.15, 0.2) is 21.3 Å². The van der Waals surface area contributed by atoms with E-state index in [1.165, 1.54) is 0 Å². The van der Waals surface area contributed by atoms with Crippen LogP contribution in [-0.4, -0.2) is 19.2 Å². The zero-order chi connectivity index (χ0) is 17.1. The van der Waals surface area contributed by atoms with Crippen LogP contribution in [0.1, 0.15) is 42.9 Å². The van der Waals surface area contributed by atoms with E-state index in [4.69, 9.17) is 13.9 Å². The maximum Gasteiger partial charge on any atom is 0.344 e. The number of hydrogen-bond donors (Lipinski definition) is 0. The van der Waals surface area contributed by atoms with Crippen LogP contribution in [-0.2, 0) is 22.4 Å². The zero-order valence-corrected chi connectivity index (χ0v) is 14.1. The number of benzene rings is 1. The topological polar surface area (TPSA) is 65.7 Å². The molecule has 0 fully saturated rings. The molecule has 128 valence electrons. The molecule has 0 spiro atoms. The molecule has 0 saturated carbocycles. The largest absolute Gasteiger partial charge is 0.481 e. The highest BCUT2D eigenvalue weighted by Crippen LogP contribution is 2.34. The van der Waals surface area contributed by atoms with Crippen LogP contribution in [0.4, 0.5) is 0 Å². The third-order valence-electron chi connectivity index (χ3n) is 4.24. The van der Waals surface area contributed by atoms with Crippen molar-refractivity contribution in [3.8, 4) is 5.75 Å². The van der Waals surface area contributed by atoms with E-state index >= 15 is 0 Å². The SMILES string of the molecule is CCCOC(=O)COc1cc(C)cc2oc(=O)c3c(c12)CCCC3. The van der Waals surface area contributed by atoms with E-state index in [2.05, 4.69) is 0 Å². The molecule has 0 N–H and O–H groups in total. The Morgan fingerprint density at radius 1 is 1.21 bits per heavy atom. The number of fused-ring (bicyclic) bond motifs is 3. The van der Waals surface area contributed by atoms with Gasteiger partial charge in [-0.1, -0.05) is 6.92 Å². The fourth-order valence-corrected chi connectivity index (χ4v) is 3.17. The fourth-order valence-electron chi connectivity index (χ4n) is 3.17. The van der Waals surface area contributed by atoms with Crippen molar-refractivity contribution in [2.24, 2.45) is 0 Å². The van der Waals surface area contributed by atoms with Gasteiger partial charge in [-0.15, -0.1) is 0 Å². The predicted molar refractivity (Wildman–Crippen MR) is 90.6 cm³/mol. The van der Waals surface area contributed by atoms with Crippen LogP contribution in [0.25, 0.3) is 11.0 Å². The van der Waals surface area contributed by atoms with Crippen molar-refractivity contribution >= 4 is 16.9 Å². The highest BCUT2D eigenvalue weighted by Gasteiger charge is 2.21. The standard InChI is InChI=1S/C19H22O5/c1-3-8-22-17(20)11-23-15-9-12(2)10-16-18(15)13-6-4-5-7-14(13)19(21)24-16/h9-10H,3-8,11H2,1-2H3. The lowest BCUT2D eigenvalue weighted by molar-refractivity contribution is -0.145. The van der Waals surface area contributed by atoms with Gasteiger partial charge >= 0.3 is 11.6 Å². The Morgan fingerprint density at radius 3 is 2.71 bits per heavy atom. The molecular weight excluding hydrogens is 308 g/mol. The van der Waals surface area contributed by atoms with E-state index in [1.807, 2.05) is 26.0 Å². The molecule has 2 aromatic rings. The molecule has 0 bridgehead atoms. The number of carbonyl (C=O) groups excluding carboxylic acids is 1. The maximum absolute atomic E-state index is 12.2. The van der Waals surface area contributed by atoms with Gasteiger partial charge in [-0.25, -0.2) is 9.59 Å². The molecule has 5 heteroatoms. The fraction of sp³-hybridized carbons (Fsp3) is 0.474. The molecule has 0 atom stereocenters. The normalized spacial score (nSPS) is 13.6. The molecule has 1 aromatic carbocycles. The summed E-state index contributed by atoms with van der Waals surface area (Å²) in [4.78, 5) is 23.9. The predicted octanol–water partition coefficient (Wildman–Crippen LogP) is 3.31. The first kappa shape index (κ1) is 16.6. The number of carbonyl (C=O) groups is 1. The number of esters is 1. The van der Waals surface area contributed by atoms with Crippen molar-refractivity contribution < 1.29 is 18.7 Å². The summed E-state index contributed by atoms with van der Waals surface area (Å²) in [6.07, 6.45) is 4.38. The lowest BCUT2D eigenvalue weighted by atomic mass is 9.90. The monoisotopic (exact) mass is 330 g/mol. The van der Waals surface area contributed by atoms with Crippen LogP contribution in [0.3, 0.4) is 0 Å². The first-order valence-electron chi connectivity index (χ1n) is 8.47. The van der Waals surface area contributed by atoms with Gasteiger partial charge in [0.1, 0.15) is 11.3 Å². The van der Waals surface area contributed by atoms with E-state index in [-0.39, 0.29) is 12.2 Å². The van der Waals surface area contributed by atoms with E-state index in [9.17, 15) is 9.59 Å². The molecule has 0 radical (unpaired) electrons. The molecule has 24 heavy (non-hydrogen) atoms. The van der Waals surface area contributed by atoms with Crippen LogP contribution >= 0.6 is 0 Å². The van der Waals surface area contributed by atoms with Gasteiger partial charge in [-0.3, -0.25) is 0 Å². The van der Waals surface area contributed by atoms with Crippen molar-refractivity contribution in [3.63, 3.8) is 0 Å². The molecular formula is C19H22O5. The summed E-state index contributed by atoms with van der Waals surface area (Å²) in [5, 5.41) is 0.818. The lowest BCUT2D eigenvalue weighted by Gasteiger charge is -2.18. The second kappa shape index (κ2) is 7.07. The Kier molecular flexibility index (Phi) is 4.88. The zero-order valence-electron chi connectivity index (χ0n) is 14.1. The Bertz CT molecular complexity index is 819. The van der Waals surface area contributed by atoms with Crippen LogP contribution in [0, 0.1) is 6.92 Å². The van der Waals surface area contributed by atoms with Crippen molar-refractivity contribution in [1.82, 2.24) is 0 Å². The van der Waals surface area contributed by atoms with Gasteiger partial charge in [0, 0.05) is 5.56 Å². The Hall–Kier alpha value is -2.30. The smallest absolute Gasteiger partial charge is 0.344 e. The molecule has 1 aliphatic carbocycles. The third kappa shape index (κ3) is 3.30. The summed E-state index contributed by atoms with van der Waals surface area (Å²) in [6, 6.07) is 3.72. The first-order chi connectivity index (χ1) is 11.6. The van der Waals surface area contributed by atoms with Gasteiger partial charge in [-0.05, 0) is 62.3 Å². The second-order valence-corrected chi connectivity index (χ2v) is 6.20. The van der Waals surface area contributed by atoms with Crippen molar-refractivity contribution in [1.29, 1.82) is 0 Å². The third-order valence-corrected chi connectivity index (χ3v) is 4.24. The average molecular weight is 330 g/mol. The molecule has 1 aromatic heterocycles. The van der Waals surface area contributed by atoms with E-state index in [1.54, 1.807) is 0 Å². The molecule has 1 aliphatic rings. The van der Waals surface area contributed by atoms with E-state index in [0.717, 1.165) is 54.2 Å². The minimum atomic E-state index is -0.391. The molecule has 3 rings (SSSR count). The quantitative estimate of drug-likeness (QED) is 0.621. The van der Waals surface area contributed by atoms with E-state index < -0.39 is 5.97 Å². The molecule has 1 heterocycles. The summed E-state index contributed by atoms with van der Waals surface area (Å²) in [5.41, 5.74) is 2.94. The minimum absolute atomic E-state index is 0.146. The van der Waals surface area contributed by atoms with E-state index in [0.29, 0.717) is 17.9 Å². The van der Waals surface area contributed by atoms with Gasteiger partial charge in [0.15, 0.2) is 6.61 Å². The maximum atomic E-state index is 12.2. The number of rotatable bonds is 5. The lowest BCUT2D eigenvalue weighted by Crippen LogP contribution is -2.18. The van der Waals surface area contributed by atoms with Crippen molar-refractivity contribution in [2.75, 3.05) is 13.2 Å². The van der Waals surface area contributed by atoms with Crippen LogP contribution < -0.4 is 10.4 Å². The molecule has 5 nitrogen and oxygen atoms in total. The van der Waals surface area contributed by atoms with Gasteiger partial charge in [0.05, 0.1) is 12.0 Å². The molecule has 0 amide bonds. The highest BCUT2D eigenvalue weighted by atomic mass is 16.6. The Labute approximate surface area is 140 Å². The molecule has 0 unspecified atom stereocenters. The summed E-state index contributed by atoms with van der Waals surface area (Å²) < 4.78 is 16.3. The molecule has 0 aliphatic heterocycles. The number of hydrogen-bond acceptors (Lipinski definition) is 5. The highest BCUT2D eigenvalue weighted by molar-refractivity contribution is 5.89. The Morgan fingerprint density at radius 2 is 1.96 bits per heavy atom. The van der Waals surface area contributed by atoms with Gasteiger partial charge < -0.3 is 13.9 Å².